The van der Waals surface area contributed by atoms with E-state index in [-0.39, 0.29) is 16.9 Å². The van der Waals surface area contributed by atoms with E-state index in [1.54, 1.807) is 13.8 Å². The van der Waals surface area contributed by atoms with Crippen molar-refractivity contribution in [1.82, 2.24) is 15.0 Å². The van der Waals surface area contributed by atoms with Crippen LogP contribution < -0.4 is 5.56 Å². The Bertz CT molecular complexity index is 560. The molecular formula is C9H9N3O2. The minimum atomic E-state index is -0.326. The molecule has 0 aliphatic heterocycles. The summed E-state index contributed by atoms with van der Waals surface area (Å²) in [5, 5.41) is 10.1. The number of fused-ring (bicyclic) bond motifs is 1. The number of nitrogens with zero attached hydrogens (tertiary/aromatic N) is 2. The number of aromatic amines is 1. The minimum absolute atomic E-state index is 0.0521. The smallest absolute Gasteiger partial charge is 0.256 e. The average Bonchev–Trinajstić information content (AvgIpc) is 2.14. The number of pyridine rings is 1. The van der Waals surface area contributed by atoms with Gasteiger partial charge in [-0.1, -0.05) is 0 Å². The molecule has 0 unspecified atom stereocenters. The van der Waals surface area contributed by atoms with Gasteiger partial charge in [0.25, 0.3) is 5.56 Å². The molecule has 2 heterocycles. The number of rotatable bonds is 0. The summed E-state index contributed by atoms with van der Waals surface area (Å²) in [6, 6.07) is 0. The molecule has 2 N–H and O–H groups in total. The van der Waals surface area contributed by atoms with Crippen LogP contribution in [0.3, 0.4) is 0 Å². The van der Waals surface area contributed by atoms with Gasteiger partial charge in [-0.2, -0.15) is 0 Å². The van der Waals surface area contributed by atoms with Crippen LogP contribution >= 0.6 is 0 Å². The Morgan fingerprint density at radius 2 is 2.14 bits per heavy atom. The zero-order valence-electron chi connectivity index (χ0n) is 7.83. The van der Waals surface area contributed by atoms with Crippen LogP contribution in [0.25, 0.3) is 11.0 Å². The minimum Gasteiger partial charge on any atom is -0.507 e. The Kier molecular flexibility index (Phi) is 1.73. The molecule has 0 atom stereocenters. The van der Waals surface area contributed by atoms with E-state index >= 15 is 0 Å². The third-order valence-corrected chi connectivity index (χ3v) is 2.09. The number of nitrogens with one attached hydrogen (secondary N) is 1. The van der Waals surface area contributed by atoms with Gasteiger partial charge >= 0.3 is 0 Å². The van der Waals surface area contributed by atoms with Crippen LogP contribution in [0.5, 0.6) is 5.75 Å². The van der Waals surface area contributed by atoms with Crippen LogP contribution in [0, 0.1) is 13.8 Å². The lowest BCUT2D eigenvalue weighted by molar-refractivity contribution is 0.475. The molecule has 2 aromatic rings. The Morgan fingerprint density at radius 3 is 2.86 bits per heavy atom. The molecule has 5 heteroatoms. The van der Waals surface area contributed by atoms with Gasteiger partial charge in [0.15, 0.2) is 0 Å². The highest BCUT2D eigenvalue weighted by Gasteiger charge is 2.08. The lowest BCUT2D eigenvalue weighted by Gasteiger charge is -2.02. The highest BCUT2D eigenvalue weighted by Crippen LogP contribution is 2.21. The second-order valence-electron chi connectivity index (χ2n) is 3.11. The number of hydrogen-bond acceptors (Lipinski definition) is 4. The lowest BCUT2D eigenvalue weighted by atomic mass is 10.2. The van der Waals surface area contributed by atoms with Crippen molar-refractivity contribution >= 4 is 11.0 Å². The molecule has 2 rings (SSSR count). The SMILES string of the molecule is Cc1ncc2c(O)c(C)c(=O)[nH]c2n1. The van der Waals surface area contributed by atoms with Crippen LogP contribution in [0.4, 0.5) is 0 Å². The Labute approximate surface area is 79.5 Å². The highest BCUT2D eigenvalue weighted by atomic mass is 16.3. The second kappa shape index (κ2) is 2.80. The quantitative estimate of drug-likeness (QED) is 0.640. The number of aromatic hydroxyl groups is 1. The molecule has 0 aromatic carbocycles. The Hall–Kier alpha value is -1.91. The van der Waals surface area contributed by atoms with Gasteiger partial charge in [-0.05, 0) is 13.8 Å². The van der Waals surface area contributed by atoms with E-state index in [0.717, 1.165) is 0 Å². The van der Waals surface area contributed by atoms with E-state index in [1.807, 2.05) is 0 Å². The summed E-state index contributed by atoms with van der Waals surface area (Å²) in [5.41, 5.74) is 0.323. The number of hydrogen-bond donors (Lipinski definition) is 2. The summed E-state index contributed by atoms with van der Waals surface area (Å²) < 4.78 is 0. The molecule has 0 saturated heterocycles. The summed E-state index contributed by atoms with van der Waals surface area (Å²) >= 11 is 0. The maximum Gasteiger partial charge on any atom is 0.256 e. The van der Waals surface area contributed by atoms with Crippen molar-refractivity contribution in [3.8, 4) is 5.75 Å². The molecule has 0 saturated carbocycles. The lowest BCUT2D eigenvalue weighted by Crippen LogP contribution is -2.10. The zero-order valence-corrected chi connectivity index (χ0v) is 7.83. The predicted molar refractivity (Wildman–Crippen MR) is 51.3 cm³/mol. The first kappa shape index (κ1) is 8.68. The van der Waals surface area contributed by atoms with Crippen molar-refractivity contribution in [2.75, 3.05) is 0 Å². The molecule has 0 bridgehead atoms. The predicted octanol–water partition coefficient (Wildman–Crippen LogP) is 0.641. The fourth-order valence-electron chi connectivity index (χ4n) is 1.25. The van der Waals surface area contributed by atoms with Crippen molar-refractivity contribution in [1.29, 1.82) is 0 Å². The Balaban J connectivity index is 2.98. The van der Waals surface area contributed by atoms with Crippen molar-refractivity contribution in [2.45, 2.75) is 13.8 Å². The van der Waals surface area contributed by atoms with Crippen molar-refractivity contribution in [2.24, 2.45) is 0 Å². The molecular weight excluding hydrogens is 182 g/mol. The first-order valence-corrected chi connectivity index (χ1v) is 4.15. The van der Waals surface area contributed by atoms with Gasteiger partial charge in [-0.15, -0.1) is 0 Å². The van der Waals surface area contributed by atoms with E-state index in [9.17, 15) is 9.90 Å². The van der Waals surface area contributed by atoms with E-state index in [1.165, 1.54) is 6.20 Å². The van der Waals surface area contributed by atoms with Gasteiger partial charge in [-0.25, -0.2) is 9.97 Å². The maximum atomic E-state index is 11.3. The molecule has 72 valence electrons. The fraction of sp³-hybridized carbons (Fsp3) is 0.222. The number of H-pyrrole nitrogens is 1. The summed E-state index contributed by atoms with van der Waals surface area (Å²) in [6.07, 6.45) is 1.50. The van der Waals surface area contributed by atoms with Gasteiger partial charge in [0.2, 0.25) is 0 Å². The number of aryl methyl sites for hydroxylation is 1. The van der Waals surface area contributed by atoms with Crippen LogP contribution in [0.2, 0.25) is 0 Å². The third-order valence-electron chi connectivity index (χ3n) is 2.09. The largest absolute Gasteiger partial charge is 0.507 e. The van der Waals surface area contributed by atoms with Gasteiger partial charge in [0, 0.05) is 6.20 Å². The third kappa shape index (κ3) is 1.14. The molecule has 14 heavy (non-hydrogen) atoms. The van der Waals surface area contributed by atoms with Gasteiger partial charge in [0.05, 0.1) is 10.9 Å². The fourth-order valence-corrected chi connectivity index (χ4v) is 1.25. The molecule has 0 spiro atoms. The molecule has 0 fully saturated rings. The topological polar surface area (TPSA) is 78.9 Å². The van der Waals surface area contributed by atoms with E-state index in [2.05, 4.69) is 15.0 Å². The first-order chi connectivity index (χ1) is 6.59. The van der Waals surface area contributed by atoms with Crippen LogP contribution in [0.1, 0.15) is 11.4 Å². The standard InChI is InChI=1S/C9H9N3O2/c1-4-7(13)6-3-10-5(2)11-8(6)12-9(4)14/h3H,1-2H3,(H2,10,11,12,13,14). The summed E-state index contributed by atoms with van der Waals surface area (Å²) in [7, 11) is 0. The molecule has 2 aromatic heterocycles. The van der Waals surface area contributed by atoms with E-state index in [4.69, 9.17) is 0 Å². The average molecular weight is 191 g/mol. The molecule has 0 amide bonds. The van der Waals surface area contributed by atoms with Crippen molar-refractivity contribution < 1.29 is 5.11 Å². The van der Waals surface area contributed by atoms with Crippen LogP contribution in [0.15, 0.2) is 11.0 Å². The van der Waals surface area contributed by atoms with Crippen LogP contribution in [-0.4, -0.2) is 20.1 Å². The van der Waals surface area contributed by atoms with Crippen LogP contribution in [-0.2, 0) is 0 Å². The zero-order chi connectivity index (χ0) is 10.3. The van der Waals surface area contributed by atoms with Crippen molar-refractivity contribution in [3.05, 3.63) is 27.9 Å². The van der Waals surface area contributed by atoms with Crippen molar-refractivity contribution in [3.63, 3.8) is 0 Å². The maximum absolute atomic E-state index is 11.3. The van der Waals surface area contributed by atoms with E-state index in [0.29, 0.717) is 16.9 Å². The Morgan fingerprint density at radius 1 is 1.43 bits per heavy atom. The monoisotopic (exact) mass is 191 g/mol. The number of aromatic nitrogens is 3. The molecule has 0 aliphatic carbocycles. The first-order valence-electron chi connectivity index (χ1n) is 4.15. The second-order valence-corrected chi connectivity index (χ2v) is 3.11. The highest BCUT2D eigenvalue weighted by molar-refractivity contribution is 5.81. The van der Waals surface area contributed by atoms with Gasteiger partial charge in [0.1, 0.15) is 17.2 Å². The van der Waals surface area contributed by atoms with E-state index < -0.39 is 0 Å². The molecule has 0 radical (unpaired) electrons. The summed E-state index contributed by atoms with van der Waals surface area (Å²) in [6.45, 7) is 3.27. The normalized spacial score (nSPS) is 10.7. The summed E-state index contributed by atoms with van der Waals surface area (Å²) in [4.78, 5) is 21.8. The molecule has 0 aliphatic rings. The van der Waals surface area contributed by atoms with Gasteiger partial charge in [-0.3, -0.25) is 4.79 Å². The van der Waals surface area contributed by atoms with Gasteiger partial charge < -0.3 is 10.1 Å². The summed E-state index contributed by atoms with van der Waals surface area (Å²) in [5.74, 6) is 0.500. The molecule has 5 nitrogen and oxygen atoms in total.